The molecule has 0 aliphatic carbocycles. The van der Waals surface area contributed by atoms with Crippen LogP contribution in [-0.2, 0) is 0 Å². The summed E-state index contributed by atoms with van der Waals surface area (Å²) in [5.41, 5.74) is 6.67. The number of rotatable bonds is 2. The first-order valence-corrected chi connectivity index (χ1v) is 6.26. The van der Waals surface area contributed by atoms with Crippen LogP contribution in [0.25, 0.3) is 9.88 Å². The minimum Gasteiger partial charge on any atom is -0.323 e. The predicted octanol–water partition coefficient (Wildman–Crippen LogP) is 3.54. The van der Waals surface area contributed by atoms with Crippen molar-refractivity contribution in [2.24, 2.45) is 5.73 Å². The number of thiazole rings is 1. The smallest absolute Gasteiger partial charge is 0.133 e. The van der Waals surface area contributed by atoms with Crippen LogP contribution in [0, 0.1) is 0 Å². The highest BCUT2D eigenvalue weighted by Gasteiger charge is 2.09. The fraction of sp³-hybridized carbons (Fsp3) is 0.222. The van der Waals surface area contributed by atoms with Gasteiger partial charge in [-0.05, 0) is 13.0 Å². The average molecular weight is 245 g/mol. The Labute approximate surface area is 95.4 Å². The van der Waals surface area contributed by atoms with E-state index in [2.05, 4.69) is 4.98 Å². The molecule has 2 heterocycles. The molecule has 2 rings (SSSR count). The van der Waals surface area contributed by atoms with Gasteiger partial charge in [-0.15, -0.1) is 22.7 Å². The maximum atomic E-state index is 5.84. The molecular formula is C9H9ClN2S2. The molecule has 0 aliphatic rings. The van der Waals surface area contributed by atoms with Crippen molar-refractivity contribution in [2.75, 3.05) is 0 Å². The van der Waals surface area contributed by atoms with E-state index in [1.54, 1.807) is 22.7 Å². The van der Waals surface area contributed by atoms with Gasteiger partial charge in [-0.1, -0.05) is 11.6 Å². The van der Waals surface area contributed by atoms with Crippen molar-refractivity contribution in [1.82, 2.24) is 4.98 Å². The van der Waals surface area contributed by atoms with E-state index in [9.17, 15) is 0 Å². The van der Waals surface area contributed by atoms with Crippen LogP contribution >= 0.6 is 34.3 Å². The third-order valence-corrected chi connectivity index (χ3v) is 4.07. The number of thiophene rings is 1. The van der Waals surface area contributed by atoms with Crippen LogP contribution in [0.15, 0.2) is 16.8 Å². The van der Waals surface area contributed by atoms with E-state index in [1.807, 2.05) is 23.8 Å². The van der Waals surface area contributed by atoms with Crippen LogP contribution in [0.2, 0.25) is 5.02 Å². The Hall–Kier alpha value is -0.420. The molecule has 0 radical (unpaired) electrons. The van der Waals surface area contributed by atoms with Gasteiger partial charge in [0.1, 0.15) is 5.01 Å². The summed E-state index contributed by atoms with van der Waals surface area (Å²) in [6.07, 6.45) is 0. The molecule has 0 spiro atoms. The van der Waals surface area contributed by atoms with Gasteiger partial charge in [0, 0.05) is 16.8 Å². The summed E-state index contributed by atoms with van der Waals surface area (Å²) in [4.78, 5) is 5.54. The minimum atomic E-state index is -0.00423. The highest BCUT2D eigenvalue weighted by Crippen LogP contribution is 2.32. The van der Waals surface area contributed by atoms with E-state index in [0.29, 0.717) is 0 Å². The van der Waals surface area contributed by atoms with Gasteiger partial charge >= 0.3 is 0 Å². The maximum Gasteiger partial charge on any atom is 0.133 e. The van der Waals surface area contributed by atoms with Gasteiger partial charge in [-0.2, -0.15) is 0 Å². The Bertz CT molecular complexity index is 433. The molecule has 5 heteroatoms. The Morgan fingerprint density at radius 1 is 1.43 bits per heavy atom. The molecule has 0 amide bonds. The first-order chi connectivity index (χ1) is 6.66. The van der Waals surface area contributed by atoms with Gasteiger partial charge in [0.25, 0.3) is 0 Å². The molecule has 0 bridgehead atoms. The molecular weight excluding hydrogens is 236 g/mol. The lowest BCUT2D eigenvalue weighted by atomic mass is 10.3. The lowest BCUT2D eigenvalue weighted by Gasteiger charge is -1.96. The van der Waals surface area contributed by atoms with Crippen LogP contribution < -0.4 is 5.73 Å². The summed E-state index contributed by atoms with van der Waals surface area (Å²) in [5.74, 6) is 0. The minimum absolute atomic E-state index is 0.00423. The summed E-state index contributed by atoms with van der Waals surface area (Å²) >= 11 is 9.05. The van der Waals surface area contributed by atoms with E-state index < -0.39 is 0 Å². The first-order valence-electron chi connectivity index (χ1n) is 4.12. The zero-order valence-corrected chi connectivity index (χ0v) is 9.92. The van der Waals surface area contributed by atoms with Crippen molar-refractivity contribution >= 4 is 34.3 Å². The van der Waals surface area contributed by atoms with Gasteiger partial charge in [-0.3, -0.25) is 0 Å². The monoisotopic (exact) mass is 244 g/mol. The molecule has 2 nitrogen and oxygen atoms in total. The predicted molar refractivity (Wildman–Crippen MR) is 63.0 cm³/mol. The summed E-state index contributed by atoms with van der Waals surface area (Å²) in [5, 5.41) is 5.66. The normalized spacial score (nSPS) is 13.1. The number of aromatic nitrogens is 1. The number of halogens is 1. The summed E-state index contributed by atoms with van der Waals surface area (Å²) in [6.45, 7) is 1.93. The molecule has 1 atom stereocenters. The molecule has 2 N–H and O–H groups in total. The Kier molecular flexibility index (Phi) is 2.88. The SMILES string of the molecule is CC(N)c1csc(-c2cc(Cl)cs2)n1. The molecule has 0 saturated carbocycles. The van der Waals surface area contributed by atoms with Gasteiger partial charge in [-0.25, -0.2) is 4.98 Å². The number of hydrogen-bond donors (Lipinski definition) is 1. The Morgan fingerprint density at radius 3 is 2.71 bits per heavy atom. The second kappa shape index (κ2) is 3.98. The molecule has 2 aromatic heterocycles. The van der Waals surface area contributed by atoms with Crippen LogP contribution in [0.1, 0.15) is 18.7 Å². The second-order valence-electron chi connectivity index (χ2n) is 3.00. The Balaban J connectivity index is 2.33. The van der Waals surface area contributed by atoms with E-state index >= 15 is 0 Å². The molecule has 74 valence electrons. The maximum absolute atomic E-state index is 5.84. The van der Waals surface area contributed by atoms with Crippen molar-refractivity contribution in [1.29, 1.82) is 0 Å². The van der Waals surface area contributed by atoms with E-state index in [4.69, 9.17) is 17.3 Å². The van der Waals surface area contributed by atoms with Crippen molar-refractivity contribution < 1.29 is 0 Å². The van der Waals surface area contributed by atoms with Crippen molar-refractivity contribution in [3.63, 3.8) is 0 Å². The zero-order chi connectivity index (χ0) is 10.1. The zero-order valence-electron chi connectivity index (χ0n) is 7.53. The van der Waals surface area contributed by atoms with E-state index in [1.165, 1.54) is 0 Å². The molecule has 0 fully saturated rings. The number of nitrogens with two attached hydrogens (primary N) is 1. The van der Waals surface area contributed by atoms with E-state index in [-0.39, 0.29) is 6.04 Å². The molecule has 2 aromatic rings. The molecule has 1 unspecified atom stereocenters. The third kappa shape index (κ3) is 1.98. The van der Waals surface area contributed by atoms with Crippen molar-refractivity contribution in [2.45, 2.75) is 13.0 Å². The Morgan fingerprint density at radius 2 is 2.21 bits per heavy atom. The largest absolute Gasteiger partial charge is 0.323 e. The lowest BCUT2D eigenvalue weighted by Crippen LogP contribution is -2.04. The summed E-state index contributed by atoms with van der Waals surface area (Å²) < 4.78 is 0. The topological polar surface area (TPSA) is 38.9 Å². The average Bonchev–Trinajstić information content (AvgIpc) is 2.70. The van der Waals surface area contributed by atoms with Gasteiger partial charge in [0.2, 0.25) is 0 Å². The van der Waals surface area contributed by atoms with Crippen LogP contribution in [0.3, 0.4) is 0 Å². The van der Waals surface area contributed by atoms with Crippen molar-refractivity contribution in [3.8, 4) is 9.88 Å². The van der Waals surface area contributed by atoms with E-state index in [0.717, 1.165) is 20.6 Å². The highest BCUT2D eigenvalue weighted by molar-refractivity contribution is 7.20. The van der Waals surface area contributed by atoms with Gasteiger partial charge in [0.05, 0.1) is 15.6 Å². The molecule has 0 aromatic carbocycles. The summed E-state index contributed by atoms with van der Waals surface area (Å²) in [7, 11) is 0. The first kappa shape index (κ1) is 10.1. The van der Waals surface area contributed by atoms with Gasteiger partial charge < -0.3 is 5.73 Å². The molecule has 14 heavy (non-hydrogen) atoms. The second-order valence-corrected chi connectivity index (χ2v) is 5.20. The summed E-state index contributed by atoms with van der Waals surface area (Å²) in [6, 6.07) is 1.92. The fourth-order valence-electron chi connectivity index (χ4n) is 1.03. The standard InChI is InChI=1S/C9H9ClN2S2/c1-5(11)7-4-14-9(12-7)8-2-6(10)3-13-8/h2-5H,11H2,1H3. The van der Waals surface area contributed by atoms with Crippen molar-refractivity contribution in [3.05, 3.63) is 27.5 Å². The van der Waals surface area contributed by atoms with Crippen LogP contribution in [-0.4, -0.2) is 4.98 Å². The third-order valence-electron chi connectivity index (χ3n) is 1.77. The van der Waals surface area contributed by atoms with Crippen LogP contribution in [0.5, 0.6) is 0 Å². The lowest BCUT2D eigenvalue weighted by molar-refractivity contribution is 0.790. The fourth-order valence-corrected chi connectivity index (χ4v) is 3.11. The highest BCUT2D eigenvalue weighted by atomic mass is 35.5. The van der Waals surface area contributed by atoms with Gasteiger partial charge in [0.15, 0.2) is 0 Å². The quantitative estimate of drug-likeness (QED) is 0.878. The molecule has 0 aliphatic heterocycles. The molecule has 0 saturated heterocycles. The number of hydrogen-bond acceptors (Lipinski definition) is 4. The number of nitrogens with zero attached hydrogens (tertiary/aromatic N) is 1. The van der Waals surface area contributed by atoms with Crippen LogP contribution in [0.4, 0.5) is 0 Å².